The van der Waals surface area contributed by atoms with Gasteiger partial charge in [-0.3, -0.25) is 0 Å². The van der Waals surface area contributed by atoms with Crippen molar-refractivity contribution in [1.82, 2.24) is 0 Å². The van der Waals surface area contributed by atoms with Gasteiger partial charge in [0.05, 0.1) is 17.6 Å². The lowest BCUT2D eigenvalue weighted by Gasteiger charge is -2.40. The van der Waals surface area contributed by atoms with Crippen molar-refractivity contribution < 1.29 is 5.11 Å². The maximum absolute atomic E-state index is 10.5. The molecule has 1 unspecified atom stereocenters. The number of aliphatic hydroxyl groups excluding tert-OH is 1. The van der Waals surface area contributed by atoms with Gasteiger partial charge in [0.1, 0.15) is 0 Å². The molecule has 1 aromatic rings. The normalized spacial score (nSPS) is 19.2. The fourth-order valence-corrected chi connectivity index (χ4v) is 2.90. The van der Waals surface area contributed by atoms with Crippen molar-refractivity contribution in [2.24, 2.45) is 5.41 Å². The van der Waals surface area contributed by atoms with Gasteiger partial charge in [0.2, 0.25) is 0 Å². The highest BCUT2D eigenvalue weighted by Crippen LogP contribution is 2.50. The first-order valence-electron chi connectivity index (χ1n) is 6.17. The van der Waals surface area contributed by atoms with E-state index in [9.17, 15) is 10.4 Å². The Bertz CT molecular complexity index is 457. The molecule has 1 N–H and O–H groups in total. The van der Waals surface area contributed by atoms with Crippen LogP contribution in [0.25, 0.3) is 0 Å². The summed E-state index contributed by atoms with van der Waals surface area (Å²) in [6.07, 6.45) is 2.05. The van der Waals surface area contributed by atoms with Crippen LogP contribution in [0.4, 0.5) is 0 Å². The van der Waals surface area contributed by atoms with Gasteiger partial charge in [-0.25, -0.2) is 0 Å². The second-order valence-electron chi connectivity index (χ2n) is 5.34. The predicted octanol–water partition coefficient (Wildman–Crippen LogP) is 3.34. The van der Waals surface area contributed by atoms with Gasteiger partial charge < -0.3 is 5.11 Å². The predicted molar refractivity (Wildman–Crippen MR) is 67.5 cm³/mol. The molecular formula is C15H19NO. The fraction of sp³-hybridized carbons (Fsp3) is 0.533. The summed E-state index contributed by atoms with van der Waals surface area (Å²) in [5.41, 5.74) is 3.81. The molecule has 0 spiro atoms. The minimum Gasteiger partial charge on any atom is -0.387 e. The Morgan fingerprint density at radius 3 is 2.12 bits per heavy atom. The molecule has 0 saturated heterocycles. The molecule has 1 fully saturated rings. The molecule has 1 atom stereocenters. The van der Waals surface area contributed by atoms with Gasteiger partial charge in [-0.2, -0.15) is 5.26 Å². The molecule has 1 saturated carbocycles. The number of aryl methyl sites for hydroxylation is 3. The van der Waals surface area contributed by atoms with Gasteiger partial charge in [0.15, 0.2) is 0 Å². The van der Waals surface area contributed by atoms with E-state index >= 15 is 0 Å². The molecule has 1 aliphatic rings. The summed E-state index contributed by atoms with van der Waals surface area (Å²) in [6.45, 7) is 6.09. The van der Waals surface area contributed by atoms with E-state index in [1.807, 2.05) is 13.8 Å². The van der Waals surface area contributed by atoms with Gasteiger partial charge in [0, 0.05) is 0 Å². The minimum absolute atomic E-state index is 0.537. The number of hydrogen-bond acceptors (Lipinski definition) is 2. The van der Waals surface area contributed by atoms with Crippen molar-refractivity contribution in [2.45, 2.75) is 46.1 Å². The number of hydrogen-bond donors (Lipinski definition) is 1. The van der Waals surface area contributed by atoms with Crippen molar-refractivity contribution in [3.05, 3.63) is 34.4 Å². The first-order chi connectivity index (χ1) is 8.00. The van der Waals surface area contributed by atoms with E-state index in [0.29, 0.717) is 0 Å². The van der Waals surface area contributed by atoms with Crippen LogP contribution in [0.1, 0.15) is 47.6 Å². The standard InChI is InChI=1S/C15H19NO/c1-10-7-11(2)13(12(3)8-10)14(17)15(9-16)5-4-6-15/h7-8,14,17H,4-6H2,1-3H3. The Balaban J connectivity index is 2.44. The van der Waals surface area contributed by atoms with Crippen LogP contribution in [0.15, 0.2) is 12.1 Å². The van der Waals surface area contributed by atoms with Gasteiger partial charge >= 0.3 is 0 Å². The SMILES string of the molecule is Cc1cc(C)c(C(O)C2(C#N)CCC2)c(C)c1. The van der Waals surface area contributed by atoms with E-state index < -0.39 is 11.5 Å². The van der Waals surface area contributed by atoms with E-state index in [4.69, 9.17) is 0 Å². The maximum atomic E-state index is 10.5. The molecule has 2 heteroatoms. The number of nitrogens with zero attached hydrogens (tertiary/aromatic N) is 1. The summed E-state index contributed by atoms with van der Waals surface area (Å²) in [5.74, 6) is 0. The van der Waals surface area contributed by atoms with E-state index in [0.717, 1.165) is 36.0 Å². The van der Waals surface area contributed by atoms with Gasteiger partial charge in [-0.15, -0.1) is 0 Å². The Morgan fingerprint density at radius 2 is 1.76 bits per heavy atom. The molecule has 0 aromatic heterocycles. The number of rotatable bonds is 2. The zero-order valence-corrected chi connectivity index (χ0v) is 10.7. The Kier molecular flexibility index (Phi) is 2.97. The molecule has 17 heavy (non-hydrogen) atoms. The molecule has 1 aliphatic carbocycles. The summed E-state index contributed by atoms with van der Waals surface area (Å²) < 4.78 is 0. The first kappa shape index (κ1) is 12.1. The first-order valence-corrected chi connectivity index (χ1v) is 6.17. The lowest BCUT2D eigenvalue weighted by molar-refractivity contribution is 0.00713. The monoisotopic (exact) mass is 229 g/mol. The highest BCUT2D eigenvalue weighted by atomic mass is 16.3. The Hall–Kier alpha value is -1.33. The molecule has 90 valence electrons. The van der Waals surface area contributed by atoms with Crippen LogP contribution in [0.5, 0.6) is 0 Å². The molecule has 0 radical (unpaired) electrons. The Labute approximate surface area is 103 Å². The second-order valence-corrected chi connectivity index (χ2v) is 5.34. The van der Waals surface area contributed by atoms with Crippen LogP contribution in [0, 0.1) is 37.5 Å². The molecule has 1 aromatic carbocycles. The van der Waals surface area contributed by atoms with Gasteiger partial charge in [-0.1, -0.05) is 24.1 Å². The van der Waals surface area contributed by atoms with Crippen molar-refractivity contribution in [3.8, 4) is 6.07 Å². The maximum Gasteiger partial charge on any atom is 0.0981 e. The minimum atomic E-state index is -0.637. The molecule has 0 bridgehead atoms. The smallest absolute Gasteiger partial charge is 0.0981 e. The van der Waals surface area contributed by atoms with Crippen LogP contribution < -0.4 is 0 Å². The zero-order valence-electron chi connectivity index (χ0n) is 10.7. The topological polar surface area (TPSA) is 44.0 Å². The van der Waals surface area contributed by atoms with E-state index in [1.165, 1.54) is 5.56 Å². The molecule has 0 amide bonds. The number of aliphatic hydroxyl groups is 1. The van der Waals surface area contributed by atoms with Crippen molar-refractivity contribution >= 4 is 0 Å². The third-order valence-corrected chi connectivity index (χ3v) is 4.00. The molecule has 2 nitrogen and oxygen atoms in total. The fourth-order valence-electron chi connectivity index (χ4n) is 2.90. The lowest BCUT2D eigenvalue weighted by atomic mass is 9.64. The summed E-state index contributed by atoms with van der Waals surface area (Å²) in [6, 6.07) is 6.49. The van der Waals surface area contributed by atoms with Crippen LogP contribution in [-0.4, -0.2) is 5.11 Å². The van der Waals surface area contributed by atoms with Crippen LogP contribution in [0.2, 0.25) is 0 Å². The molecule has 0 aliphatic heterocycles. The van der Waals surface area contributed by atoms with Crippen molar-refractivity contribution in [3.63, 3.8) is 0 Å². The molecule has 2 rings (SSSR count). The summed E-state index contributed by atoms with van der Waals surface area (Å²) >= 11 is 0. The summed E-state index contributed by atoms with van der Waals surface area (Å²) in [4.78, 5) is 0. The third-order valence-electron chi connectivity index (χ3n) is 4.00. The number of benzene rings is 1. The summed E-state index contributed by atoms with van der Waals surface area (Å²) in [7, 11) is 0. The van der Waals surface area contributed by atoms with Crippen molar-refractivity contribution in [1.29, 1.82) is 5.26 Å². The quantitative estimate of drug-likeness (QED) is 0.845. The third kappa shape index (κ3) is 1.85. The van der Waals surface area contributed by atoms with E-state index in [-0.39, 0.29) is 0 Å². The molecule has 0 heterocycles. The Morgan fingerprint density at radius 1 is 1.24 bits per heavy atom. The number of nitriles is 1. The van der Waals surface area contributed by atoms with Crippen LogP contribution in [-0.2, 0) is 0 Å². The average Bonchev–Trinajstić information content (AvgIpc) is 2.14. The average molecular weight is 229 g/mol. The zero-order chi connectivity index (χ0) is 12.6. The lowest BCUT2D eigenvalue weighted by Crippen LogP contribution is -2.35. The largest absolute Gasteiger partial charge is 0.387 e. The van der Waals surface area contributed by atoms with Gasteiger partial charge in [0.25, 0.3) is 0 Å². The second kappa shape index (κ2) is 4.16. The van der Waals surface area contributed by atoms with Crippen LogP contribution in [0.3, 0.4) is 0 Å². The van der Waals surface area contributed by atoms with E-state index in [2.05, 4.69) is 25.1 Å². The highest BCUT2D eigenvalue weighted by Gasteiger charge is 2.45. The summed E-state index contributed by atoms with van der Waals surface area (Å²) in [5, 5.41) is 19.8. The highest BCUT2D eigenvalue weighted by molar-refractivity contribution is 5.41. The van der Waals surface area contributed by atoms with E-state index in [1.54, 1.807) is 0 Å². The molecular weight excluding hydrogens is 210 g/mol. The van der Waals surface area contributed by atoms with Crippen molar-refractivity contribution in [2.75, 3.05) is 0 Å². The van der Waals surface area contributed by atoms with Crippen LogP contribution >= 0.6 is 0 Å². The van der Waals surface area contributed by atoms with Gasteiger partial charge in [-0.05, 0) is 50.3 Å².